The van der Waals surface area contributed by atoms with Crippen molar-refractivity contribution in [1.29, 1.82) is 0 Å². The van der Waals surface area contributed by atoms with Crippen LogP contribution in [-0.2, 0) is 9.53 Å². The molecule has 0 aromatic heterocycles. The number of carboxylic acid groups (broad SMARTS) is 1. The second-order valence-electron chi connectivity index (χ2n) is 3.97. The van der Waals surface area contributed by atoms with Gasteiger partial charge in [-0.2, -0.15) is 0 Å². The summed E-state index contributed by atoms with van der Waals surface area (Å²) in [5, 5.41) is 8.74. The maximum absolute atomic E-state index is 10.6. The number of nitrogens with zero attached hydrogens (tertiary/aromatic N) is 1. The van der Waals surface area contributed by atoms with Gasteiger partial charge in [0, 0.05) is 25.9 Å². The number of hydrogen-bond donors (Lipinski definition) is 1. The van der Waals surface area contributed by atoms with Crippen molar-refractivity contribution in [2.45, 2.75) is 19.4 Å². The van der Waals surface area contributed by atoms with Gasteiger partial charge in [-0.25, -0.2) is 0 Å². The standard InChI is InChI=1S/C13H19NO3/c1-11(17-2)10-14(9-8-13(15)16)12-6-4-3-5-7-12/h3-7,11H,8-10H2,1-2H3,(H,15,16). The van der Waals surface area contributed by atoms with E-state index in [2.05, 4.69) is 0 Å². The van der Waals surface area contributed by atoms with Gasteiger partial charge in [0.15, 0.2) is 0 Å². The molecule has 0 fully saturated rings. The predicted octanol–water partition coefficient (Wildman–Crippen LogP) is 2.00. The van der Waals surface area contributed by atoms with E-state index in [1.807, 2.05) is 42.2 Å². The highest BCUT2D eigenvalue weighted by Crippen LogP contribution is 2.14. The van der Waals surface area contributed by atoms with Gasteiger partial charge in [0.1, 0.15) is 0 Å². The summed E-state index contributed by atoms with van der Waals surface area (Å²) < 4.78 is 5.22. The van der Waals surface area contributed by atoms with Crippen molar-refractivity contribution < 1.29 is 14.6 Å². The Hall–Kier alpha value is -1.55. The second kappa shape index (κ2) is 6.91. The molecule has 1 N–H and O–H groups in total. The Morgan fingerprint density at radius 1 is 1.41 bits per heavy atom. The Morgan fingerprint density at radius 3 is 2.59 bits per heavy atom. The Kier molecular flexibility index (Phi) is 5.49. The van der Waals surface area contributed by atoms with Crippen LogP contribution in [0.1, 0.15) is 13.3 Å². The molecular weight excluding hydrogens is 218 g/mol. The van der Waals surface area contributed by atoms with Gasteiger partial charge < -0.3 is 14.7 Å². The fourth-order valence-electron chi connectivity index (χ4n) is 1.58. The maximum atomic E-state index is 10.6. The van der Waals surface area contributed by atoms with Crippen LogP contribution < -0.4 is 4.90 Å². The Balaban J connectivity index is 2.68. The van der Waals surface area contributed by atoms with Crippen molar-refractivity contribution in [3.63, 3.8) is 0 Å². The quantitative estimate of drug-likeness (QED) is 0.788. The molecule has 0 radical (unpaired) electrons. The van der Waals surface area contributed by atoms with E-state index in [4.69, 9.17) is 9.84 Å². The summed E-state index contributed by atoms with van der Waals surface area (Å²) in [4.78, 5) is 12.7. The highest BCUT2D eigenvalue weighted by atomic mass is 16.5. The molecule has 0 saturated heterocycles. The third-order valence-electron chi connectivity index (χ3n) is 2.60. The molecule has 4 nitrogen and oxygen atoms in total. The summed E-state index contributed by atoms with van der Waals surface area (Å²) in [6, 6.07) is 9.79. The van der Waals surface area contributed by atoms with E-state index in [0.29, 0.717) is 13.1 Å². The number of hydrogen-bond acceptors (Lipinski definition) is 3. The Bertz CT molecular complexity index is 340. The van der Waals surface area contributed by atoms with Gasteiger partial charge in [-0.15, -0.1) is 0 Å². The molecule has 1 aromatic carbocycles. The molecule has 0 aliphatic carbocycles. The number of benzene rings is 1. The van der Waals surface area contributed by atoms with Gasteiger partial charge in [0.25, 0.3) is 0 Å². The van der Waals surface area contributed by atoms with Gasteiger partial charge in [-0.05, 0) is 19.1 Å². The minimum Gasteiger partial charge on any atom is -0.481 e. The lowest BCUT2D eigenvalue weighted by atomic mass is 10.2. The fraction of sp³-hybridized carbons (Fsp3) is 0.462. The monoisotopic (exact) mass is 237 g/mol. The average molecular weight is 237 g/mol. The van der Waals surface area contributed by atoms with Gasteiger partial charge in [-0.1, -0.05) is 18.2 Å². The number of rotatable bonds is 7. The van der Waals surface area contributed by atoms with E-state index < -0.39 is 5.97 Å². The zero-order chi connectivity index (χ0) is 12.7. The van der Waals surface area contributed by atoms with E-state index in [9.17, 15) is 4.79 Å². The predicted molar refractivity (Wildman–Crippen MR) is 67.4 cm³/mol. The first-order valence-electron chi connectivity index (χ1n) is 5.68. The van der Waals surface area contributed by atoms with Crippen LogP contribution in [0.2, 0.25) is 0 Å². The van der Waals surface area contributed by atoms with Crippen molar-refractivity contribution >= 4 is 11.7 Å². The molecule has 4 heteroatoms. The van der Waals surface area contributed by atoms with Crippen LogP contribution in [-0.4, -0.2) is 37.4 Å². The number of anilines is 1. The second-order valence-corrected chi connectivity index (χ2v) is 3.97. The lowest BCUT2D eigenvalue weighted by Crippen LogP contribution is -2.33. The Labute approximate surface area is 102 Å². The molecule has 0 aliphatic heterocycles. The molecule has 1 rings (SSSR count). The summed E-state index contributed by atoms with van der Waals surface area (Å²) in [5.74, 6) is -0.781. The molecule has 1 unspecified atom stereocenters. The van der Waals surface area contributed by atoms with Crippen LogP contribution in [0, 0.1) is 0 Å². The van der Waals surface area contributed by atoms with E-state index >= 15 is 0 Å². The van der Waals surface area contributed by atoms with Crippen molar-refractivity contribution in [3.05, 3.63) is 30.3 Å². The summed E-state index contributed by atoms with van der Waals surface area (Å²) >= 11 is 0. The largest absolute Gasteiger partial charge is 0.481 e. The minimum atomic E-state index is -0.781. The first-order chi connectivity index (χ1) is 8.13. The molecule has 0 amide bonds. The lowest BCUT2D eigenvalue weighted by Gasteiger charge is -2.26. The molecule has 0 saturated carbocycles. The van der Waals surface area contributed by atoms with E-state index in [1.165, 1.54) is 0 Å². The van der Waals surface area contributed by atoms with Crippen LogP contribution in [0.5, 0.6) is 0 Å². The molecule has 94 valence electrons. The van der Waals surface area contributed by atoms with Crippen LogP contribution in [0.3, 0.4) is 0 Å². The van der Waals surface area contributed by atoms with E-state index in [0.717, 1.165) is 5.69 Å². The van der Waals surface area contributed by atoms with Crippen molar-refractivity contribution in [2.75, 3.05) is 25.1 Å². The molecule has 1 atom stereocenters. The fourth-order valence-corrected chi connectivity index (χ4v) is 1.58. The third kappa shape index (κ3) is 4.87. The highest BCUT2D eigenvalue weighted by Gasteiger charge is 2.11. The molecular formula is C13H19NO3. The molecule has 0 bridgehead atoms. The minimum absolute atomic E-state index is 0.0731. The molecule has 1 aromatic rings. The summed E-state index contributed by atoms with van der Waals surface area (Å²) in [5.41, 5.74) is 1.03. The number of ether oxygens (including phenoxy) is 1. The highest BCUT2D eigenvalue weighted by molar-refractivity contribution is 5.67. The van der Waals surface area contributed by atoms with Crippen molar-refractivity contribution in [3.8, 4) is 0 Å². The smallest absolute Gasteiger partial charge is 0.305 e. The number of carbonyl (C=O) groups is 1. The number of methoxy groups -OCH3 is 1. The van der Waals surface area contributed by atoms with Crippen LogP contribution >= 0.6 is 0 Å². The molecule has 0 aliphatic rings. The van der Waals surface area contributed by atoms with Crippen LogP contribution in [0.15, 0.2) is 30.3 Å². The lowest BCUT2D eigenvalue weighted by molar-refractivity contribution is -0.136. The first-order valence-corrected chi connectivity index (χ1v) is 5.68. The van der Waals surface area contributed by atoms with Crippen LogP contribution in [0.4, 0.5) is 5.69 Å². The molecule has 0 heterocycles. The third-order valence-corrected chi connectivity index (χ3v) is 2.60. The Morgan fingerprint density at radius 2 is 2.06 bits per heavy atom. The van der Waals surface area contributed by atoms with E-state index in [-0.39, 0.29) is 12.5 Å². The normalized spacial score (nSPS) is 12.1. The topological polar surface area (TPSA) is 49.8 Å². The summed E-state index contributed by atoms with van der Waals surface area (Å²) in [6.07, 6.45) is 0.203. The van der Waals surface area contributed by atoms with Gasteiger partial charge >= 0.3 is 5.97 Å². The molecule has 17 heavy (non-hydrogen) atoms. The van der Waals surface area contributed by atoms with Crippen molar-refractivity contribution in [2.24, 2.45) is 0 Å². The number of para-hydroxylation sites is 1. The zero-order valence-corrected chi connectivity index (χ0v) is 10.3. The zero-order valence-electron chi connectivity index (χ0n) is 10.3. The summed E-state index contributed by atoms with van der Waals surface area (Å²) in [7, 11) is 1.66. The molecule has 0 spiro atoms. The van der Waals surface area contributed by atoms with Crippen molar-refractivity contribution in [1.82, 2.24) is 0 Å². The van der Waals surface area contributed by atoms with Gasteiger partial charge in [0.2, 0.25) is 0 Å². The number of aliphatic carboxylic acids is 1. The SMILES string of the molecule is COC(C)CN(CCC(=O)O)c1ccccc1. The van der Waals surface area contributed by atoms with Crippen LogP contribution in [0.25, 0.3) is 0 Å². The van der Waals surface area contributed by atoms with Gasteiger partial charge in [0.05, 0.1) is 12.5 Å². The summed E-state index contributed by atoms with van der Waals surface area (Å²) in [6.45, 7) is 3.15. The average Bonchev–Trinajstić information content (AvgIpc) is 2.35. The van der Waals surface area contributed by atoms with E-state index in [1.54, 1.807) is 7.11 Å². The maximum Gasteiger partial charge on any atom is 0.305 e. The first kappa shape index (κ1) is 13.5. The number of carboxylic acids is 1. The van der Waals surface area contributed by atoms with Gasteiger partial charge in [-0.3, -0.25) is 4.79 Å².